The number of amides is 3. The van der Waals surface area contributed by atoms with Gasteiger partial charge in [0.1, 0.15) is 23.4 Å². The van der Waals surface area contributed by atoms with Crippen LogP contribution in [0.2, 0.25) is 0 Å². The lowest BCUT2D eigenvalue weighted by molar-refractivity contribution is -0.142. The molecule has 6 aromatic carbocycles. The first-order valence-corrected chi connectivity index (χ1v) is 33.7. The summed E-state index contributed by atoms with van der Waals surface area (Å²) in [6, 6.07) is 41.4. The second-order valence-corrected chi connectivity index (χ2v) is 26.7. The fourth-order valence-corrected chi connectivity index (χ4v) is 14.7. The van der Waals surface area contributed by atoms with Gasteiger partial charge in [-0.25, -0.2) is 18.2 Å². The molecular formula is C64H73N9O15S3. The molecule has 7 aromatic rings. The van der Waals surface area contributed by atoms with E-state index in [9.17, 15) is 45.4 Å². The number of likely N-dealkylation sites (N-methyl/N-ethyl adjacent to an activating group) is 1. The summed E-state index contributed by atoms with van der Waals surface area (Å²) in [7, 11) is -11.0. The molecule has 482 valence electrons. The van der Waals surface area contributed by atoms with Crippen molar-refractivity contribution in [1.82, 2.24) is 30.8 Å². The molecule has 2 heterocycles. The number of sulfonamides is 1. The summed E-state index contributed by atoms with van der Waals surface area (Å²) in [5.41, 5.74) is 4.43. The minimum absolute atomic E-state index is 0.0139. The van der Waals surface area contributed by atoms with Gasteiger partial charge in [-0.3, -0.25) is 37.2 Å². The molecule has 91 heavy (non-hydrogen) atoms. The third-order valence-electron chi connectivity index (χ3n) is 15.3. The van der Waals surface area contributed by atoms with Crippen LogP contribution >= 0.6 is 0 Å². The van der Waals surface area contributed by atoms with Gasteiger partial charge in [-0.1, -0.05) is 115 Å². The third kappa shape index (κ3) is 16.7. The van der Waals surface area contributed by atoms with Gasteiger partial charge >= 0.3 is 5.97 Å². The van der Waals surface area contributed by atoms with E-state index in [1.54, 1.807) is 56.3 Å². The Morgan fingerprint density at radius 1 is 0.747 bits per heavy atom. The predicted molar refractivity (Wildman–Crippen MR) is 343 cm³/mol. The van der Waals surface area contributed by atoms with Crippen molar-refractivity contribution in [2.45, 2.75) is 81.2 Å². The number of imidazole rings is 1. The number of nitrogens with one attached hydrogen (secondary N) is 5. The van der Waals surface area contributed by atoms with E-state index in [0.29, 0.717) is 17.2 Å². The first kappa shape index (κ1) is 67.9. The van der Waals surface area contributed by atoms with Gasteiger partial charge in [0.15, 0.2) is 11.8 Å². The number of aryl methyl sites for hydroxylation is 2. The van der Waals surface area contributed by atoms with Gasteiger partial charge in [0, 0.05) is 75.8 Å². The average Bonchev–Trinajstić information content (AvgIpc) is 1.60. The molecule has 0 saturated carbocycles. The quantitative estimate of drug-likeness (QED) is 0.0128. The van der Waals surface area contributed by atoms with Crippen LogP contribution in [-0.4, -0.2) is 149 Å². The molecule has 0 spiro atoms. The number of carbonyl (C=O) groups excluding carboxylic acids is 5. The molecule has 1 aliphatic rings. The standard InChI is InChI=1S/C64H73N9O15S3/c1-43-35-51(88-34-18-27-58(75)65-30-31-66-60(76)53(42-90(82,83)84)70-45(3)41-89(79,80)81)36-44(2)59(43)91(85,86)73(50-25-16-9-17-26-50)56(62(78)87-5)40-68-61(77)55-38-57(74)52-29-28-46(37-54(52)71(55)4)39-69-63-67-32-33-72(63)64(47-19-10-6-11-20-47,48-21-12-7-13-22-48)49-23-14-8-15-24-49/h6-17,19-26,28-29,32-33,35-37,45,53,55-56,70H,18,27,30-31,34,38-42H2,1-5H3,(H,65,75)(H,66,76)(H,67,69)(H,68,77)(H,79,80,81)(H,82,83,84)/t45-,53+,55?,56+/m1/s1. The summed E-state index contributed by atoms with van der Waals surface area (Å²) >= 11 is 0. The van der Waals surface area contributed by atoms with Crippen molar-refractivity contribution in [2.24, 2.45) is 0 Å². The number of ketones is 1. The molecule has 0 bridgehead atoms. The highest BCUT2D eigenvalue weighted by Crippen LogP contribution is 2.43. The van der Waals surface area contributed by atoms with E-state index < -0.39 is 102 Å². The molecule has 27 heteroatoms. The minimum atomic E-state index is -4.69. The van der Waals surface area contributed by atoms with Gasteiger partial charge < -0.3 is 41.0 Å². The number of anilines is 3. The van der Waals surface area contributed by atoms with Crippen molar-refractivity contribution in [1.29, 1.82) is 0 Å². The first-order valence-electron chi connectivity index (χ1n) is 29.1. The van der Waals surface area contributed by atoms with Crippen LogP contribution in [0.4, 0.5) is 17.3 Å². The van der Waals surface area contributed by atoms with Crippen molar-refractivity contribution in [3.05, 3.63) is 203 Å². The Kier molecular flexibility index (Phi) is 22.2. The van der Waals surface area contributed by atoms with E-state index >= 15 is 8.42 Å². The molecule has 3 amide bonds. The van der Waals surface area contributed by atoms with Crippen LogP contribution in [0.25, 0.3) is 0 Å². The smallest absolute Gasteiger partial charge is 0.331 e. The molecule has 0 radical (unpaired) electrons. The summed E-state index contributed by atoms with van der Waals surface area (Å²) in [4.78, 5) is 74.0. The molecule has 1 unspecified atom stereocenters. The second kappa shape index (κ2) is 29.8. The maximum absolute atomic E-state index is 15.2. The Hall–Kier alpha value is -8.99. The number of hydrogen-bond acceptors (Lipinski definition) is 17. The highest BCUT2D eigenvalue weighted by Gasteiger charge is 2.42. The average molecular weight is 1300 g/mol. The number of para-hydroxylation sites is 1. The van der Waals surface area contributed by atoms with Crippen LogP contribution in [0.3, 0.4) is 0 Å². The van der Waals surface area contributed by atoms with Gasteiger partial charge in [0.2, 0.25) is 23.7 Å². The Balaban J connectivity index is 0.919. The van der Waals surface area contributed by atoms with E-state index in [0.717, 1.165) is 33.7 Å². The number of methoxy groups -OCH3 is 1. The summed E-state index contributed by atoms with van der Waals surface area (Å²) in [6.07, 6.45) is 3.63. The zero-order valence-electron chi connectivity index (χ0n) is 50.7. The SMILES string of the molecule is COC(=O)[C@H](CNC(=O)C1CC(=O)c2ccc(CNc3nccn3C(c3ccccc3)(c3ccccc3)c3ccccc3)cc2N1C)N(c1ccccc1)S(=O)(=O)c1c(C)cc(OCCCC(=O)NCCNC(=O)[C@H](CS(=O)(=O)O)N[C@H](C)CS(=O)(=O)O)cc1C. The number of fused-ring (bicyclic) bond motifs is 1. The van der Waals surface area contributed by atoms with Crippen molar-refractivity contribution in [2.75, 3.05) is 66.4 Å². The monoisotopic (exact) mass is 1300 g/mol. The Morgan fingerprint density at radius 2 is 1.31 bits per heavy atom. The number of rotatable bonds is 30. The number of hydrogen-bond donors (Lipinski definition) is 7. The molecule has 0 saturated heterocycles. The van der Waals surface area contributed by atoms with Gasteiger partial charge in [-0.15, -0.1) is 0 Å². The number of benzene rings is 6. The van der Waals surface area contributed by atoms with Crippen LogP contribution < -0.4 is 40.5 Å². The lowest BCUT2D eigenvalue weighted by Crippen LogP contribution is -2.55. The van der Waals surface area contributed by atoms with Crippen LogP contribution in [0, 0.1) is 13.8 Å². The van der Waals surface area contributed by atoms with E-state index in [4.69, 9.17) is 19.0 Å². The summed E-state index contributed by atoms with van der Waals surface area (Å²) < 4.78 is 108. The fourth-order valence-electron chi connectivity index (χ4n) is 11.3. The molecule has 7 N–H and O–H groups in total. The first-order chi connectivity index (χ1) is 43.3. The van der Waals surface area contributed by atoms with Crippen LogP contribution in [0.15, 0.2) is 169 Å². The zero-order chi connectivity index (χ0) is 65.7. The number of Topliss-reactive ketones (excluding diaryl/α,β-unsaturated/α-hetero) is 1. The highest BCUT2D eigenvalue weighted by atomic mass is 32.2. The molecule has 1 aromatic heterocycles. The van der Waals surface area contributed by atoms with Crippen molar-refractivity contribution in [3.63, 3.8) is 0 Å². The van der Waals surface area contributed by atoms with Crippen LogP contribution in [0.5, 0.6) is 5.75 Å². The van der Waals surface area contributed by atoms with Crippen molar-refractivity contribution < 1.29 is 67.8 Å². The zero-order valence-corrected chi connectivity index (χ0v) is 53.1. The molecule has 24 nitrogen and oxygen atoms in total. The van der Waals surface area contributed by atoms with Gasteiger partial charge in [-0.05, 0) is 97.0 Å². The van der Waals surface area contributed by atoms with Crippen molar-refractivity contribution >= 4 is 77.1 Å². The fraction of sp³-hybridized carbons (Fsp3) is 0.312. The number of aromatic nitrogens is 2. The lowest BCUT2D eigenvalue weighted by atomic mass is 9.76. The Bertz CT molecular complexity index is 3950. The highest BCUT2D eigenvalue weighted by molar-refractivity contribution is 7.93. The van der Waals surface area contributed by atoms with E-state index in [2.05, 4.69) is 67.5 Å². The maximum Gasteiger partial charge on any atom is 0.331 e. The summed E-state index contributed by atoms with van der Waals surface area (Å²) in [5.74, 6) is -4.36. The molecule has 0 aliphatic carbocycles. The molecule has 1 aliphatic heterocycles. The summed E-state index contributed by atoms with van der Waals surface area (Å²) in [6.45, 7) is 3.86. The molecule has 4 atom stereocenters. The van der Waals surface area contributed by atoms with Gasteiger partial charge in [0.05, 0.1) is 35.8 Å². The van der Waals surface area contributed by atoms with E-state index in [-0.39, 0.29) is 78.7 Å². The van der Waals surface area contributed by atoms with E-state index in [1.165, 1.54) is 31.2 Å². The van der Waals surface area contributed by atoms with Gasteiger partial charge in [0.25, 0.3) is 30.3 Å². The number of nitrogens with zero attached hydrogens (tertiary/aromatic N) is 4. The second-order valence-electron chi connectivity index (χ2n) is 21.9. The van der Waals surface area contributed by atoms with Crippen LogP contribution in [0.1, 0.15) is 69.9 Å². The normalized spacial score (nSPS) is 14.5. The Labute approximate surface area is 529 Å². The molecule has 0 fully saturated rings. The maximum atomic E-state index is 15.2. The lowest BCUT2D eigenvalue weighted by Gasteiger charge is -2.38. The number of carbonyl (C=O) groups is 5. The topological polar surface area (TPSA) is 331 Å². The van der Waals surface area contributed by atoms with Crippen molar-refractivity contribution in [3.8, 4) is 5.75 Å². The third-order valence-corrected chi connectivity index (χ3v) is 19.1. The largest absolute Gasteiger partial charge is 0.494 e. The molecule has 8 rings (SSSR count). The van der Waals surface area contributed by atoms with Gasteiger partial charge in [-0.2, -0.15) is 16.8 Å². The number of esters is 1. The predicted octanol–water partition coefficient (Wildman–Crippen LogP) is 5.41. The Morgan fingerprint density at radius 3 is 1.87 bits per heavy atom. The van der Waals surface area contributed by atoms with E-state index in [1.807, 2.05) is 72.9 Å². The minimum Gasteiger partial charge on any atom is -0.494 e. The number of ether oxygens (including phenoxy) is 2. The molecular weight excluding hydrogens is 1230 g/mol. The van der Waals surface area contributed by atoms with Crippen LogP contribution in [-0.2, 0) is 66.3 Å². The summed E-state index contributed by atoms with van der Waals surface area (Å²) in [5, 5.41) is 13.8.